The minimum absolute atomic E-state index is 0.0531. The Labute approximate surface area is 266 Å². The fourth-order valence-corrected chi connectivity index (χ4v) is 5.13. The van der Waals surface area contributed by atoms with Gasteiger partial charge in [0, 0.05) is 35.4 Å². The molecule has 5 rings (SSSR count). The van der Waals surface area contributed by atoms with E-state index < -0.39 is 5.92 Å². The quantitative estimate of drug-likeness (QED) is 0.0801. The highest BCUT2D eigenvalue weighted by molar-refractivity contribution is 5.82. The maximum atomic E-state index is 11.3. The molecule has 0 amide bonds. The van der Waals surface area contributed by atoms with Crippen molar-refractivity contribution in [1.82, 2.24) is 40.6 Å². The number of hydrogen-bond acceptors (Lipinski definition) is 12. The first-order chi connectivity index (χ1) is 22.4. The summed E-state index contributed by atoms with van der Waals surface area (Å²) in [6, 6.07) is 18.6. The highest BCUT2D eigenvalue weighted by Gasteiger charge is 2.24. The predicted molar refractivity (Wildman–Crippen MR) is 173 cm³/mol. The molecule has 0 radical (unpaired) electrons. The topological polar surface area (TPSA) is 185 Å². The van der Waals surface area contributed by atoms with Crippen LogP contribution in [-0.2, 0) is 0 Å². The van der Waals surface area contributed by atoms with E-state index in [4.69, 9.17) is 0 Å². The standard InChI is InChI=1S/C32H37N11O3/c1-4-26(9-5-6-15-44)35-27-10-7-8-25(18-27)32(28-16-23(11-13-30(28)45)19-33-42-21(2)36-38-40-42)29-17-24(12-14-31(29)46)20-34-43-22(3)37-39-41-43/h7-8,10-14,16-20,26,32,35,44-46H,4-6,9,15H2,1-3H3. The fraction of sp³-hybridized carbons (Fsp3) is 0.312. The van der Waals surface area contributed by atoms with Crippen molar-refractivity contribution in [1.29, 1.82) is 0 Å². The lowest BCUT2D eigenvalue weighted by Gasteiger charge is -2.24. The number of phenolic OH excluding ortho intramolecular Hbond substituents is 2. The second-order valence-electron chi connectivity index (χ2n) is 10.9. The number of nitrogens with one attached hydrogen (secondary N) is 1. The van der Waals surface area contributed by atoms with Crippen molar-refractivity contribution in [2.45, 2.75) is 58.4 Å². The highest BCUT2D eigenvalue weighted by atomic mass is 16.3. The normalized spacial score (nSPS) is 13.0. The third-order valence-electron chi connectivity index (χ3n) is 7.61. The van der Waals surface area contributed by atoms with Gasteiger partial charge in [-0.2, -0.15) is 10.2 Å². The summed E-state index contributed by atoms with van der Waals surface area (Å²) >= 11 is 0. The van der Waals surface area contributed by atoms with Gasteiger partial charge in [0.25, 0.3) is 0 Å². The van der Waals surface area contributed by atoms with E-state index in [1.54, 1.807) is 50.5 Å². The molecule has 0 spiro atoms. The Kier molecular flexibility index (Phi) is 10.4. The van der Waals surface area contributed by atoms with Crippen molar-refractivity contribution in [3.63, 3.8) is 0 Å². The monoisotopic (exact) mass is 623 g/mol. The molecule has 14 heteroatoms. The number of aromatic nitrogens is 8. The Morgan fingerprint density at radius 2 is 1.39 bits per heavy atom. The number of phenols is 2. The van der Waals surface area contributed by atoms with Gasteiger partial charge in [0.2, 0.25) is 0 Å². The molecule has 0 aliphatic heterocycles. The largest absolute Gasteiger partial charge is 0.508 e. The van der Waals surface area contributed by atoms with E-state index in [1.807, 2.05) is 36.4 Å². The lowest BCUT2D eigenvalue weighted by molar-refractivity contribution is 0.281. The van der Waals surface area contributed by atoms with E-state index in [0.717, 1.165) is 36.9 Å². The van der Waals surface area contributed by atoms with Gasteiger partial charge in [0.1, 0.15) is 11.5 Å². The van der Waals surface area contributed by atoms with E-state index in [-0.39, 0.29) is 24.1 Å². The van der Waals surface area contributed by atoms with Gasteiger partial charge in [-0.1, -0.05) is 19.1 Å². The molecule has 1 unspecified atom stereocenters. The Balaban J connectivity index is 1.58. The molecule has 0 aliphatic carbocycles. The molecule has 4 N–H and O–H groups in total. The van der Waals surface area contributed by atoms with Gasteiger partial charge in [-0.05, 0) is 126 Å². The van der Waals surface area contributed by atoms with E-state index >= 15 is 0 Å². The van der Waals surface area contributed by atoms with Crippen LogP contribution in [-0.4, -0.2) is 81.0 Å². The van der Waals surface area contributed by atoms with Crippen LogP contribution < -0.4 is 5.32 Å². The lowest BCUT2D eigenvalue weighted by Crippen LogP contribution is -2.18. The second-order valence-corrected chi connectivity index (χ2v) is 10.9. The van der Waals surface area contributed by atoms with Gasteiger partial charge >= 0.3 is 0 Å². The summed E-state index contributed by atoms with van der Waals surface area (Å²) in [7, 11) is 0. The number of aliphatic hydroxyl groups excluding tert-OH is 1. The summed E-state index contributed by atoms with van der Waals surface area (Å²) in [5.74, 6) is 0.580. The molecule has 2 heterocycles. The van der Waals surface area contributed by atoms with Crippen LogP contribution >= 0.6 is 0 Å². The SMILES string of the molecule is CCC(CCCCO)Nc1cccc(C(c2cc(C=Nn3nnnc3C)ccc2O)c2cc(C=Nn3nnnc3C)ccc2O)c1. The molecule has 3 aromatic carbocycles. The Morgan fingerprint density at radius 3 is 1.89 bits per heavy atom. The molecule has 14 nitrogen and oxygen atoms in total. The first-order valence-corrected chi connectivity index (χ1v) is 15.1. The van der Waals surface area contributed by atoms with Gasteiger partial charge in [0.05, 0.1) is 12.4 Å². The Morgan fingerprint density at radius 1 is 0.804 bits per heavy atom. The molecule has 0 fully saturated rings. The van der Waals surface area contributed by atoms with Crippen LogP contribution in [0.4, 0.5) is 5.69 Å². The van der Waals surface area contributed by atoms with Crippen molar-refractivity contribution < 1.29 is 15.3 Å². The fourth-order valence-electron chi connectivity index (χ4n) is 5.13. The third kappa shape index (κ3) is 7.77. The number of aryl methyl sites for hydroxylation is 2. The first-order valence-electron chi connectivity index (χ1n) is 15.1. The summed E-state index contributed by atoms with van der Waals surface area (Å²) in [5.41, 5.74) is 4.27. The van der Waals surface area contributed by atoms with Crippen LogP contribution in [0, 0.1) is 13.8 Å². The van der Waals surface area contributed by atoms with Crippen molar-refractivity contribution in [3.05, 3.63) is 100 Å². The number of unbranched alkanes of at least 4 members (excludes halogenated alkanes) is 1. The highest BCUT2D eigenvalue weighted by Crippen LogP contribution is 2.41. The molecule has 0 bridgehead atoms. The number of hydrogen-bond donors (Lipinski definition) is 4. The minimum atomic E-state index is -0.581. The first kappa shape index (κ1) is 31.9. The molecule has 0 aliphatic rings. The second kappa shape index (κ2) is 15.0. The smallest absolute Gasteiger partial charge is 0.173 e. The number of anilines is 1. The van der Waals surface area contributed by atoms with E-state index in [0.29, 0.717) is 33.9 Å². The maximum Gasteiger partial charge on any atom is 0.173 e. The number of tetrazole rings is 2. The minimum Gasteiger partial charge on any atom is -0.508 e. The zero-order chi connectivity index (χ0) is 32.5. The van der Waals surface area contributed by atoms with Gasteiger partial charge < -0.3 is 20.6 Å². The summed E-state index contributed by atoms with van der Waals surface area (Å²) in [5, 5.41) is 66.8. The van der Waals surface area contributed by atoms with Crippen LogP contribution in [0.1, 0.15) is 78.0 Å². The van der Waals surface area contributed by atoms with Crippen LogP contribution in [0.2, 0.25) is 0 Å². The molecule has 46 heavy (non-hydrogen) atoms. The van der Waals surface area contributed by atoms with Gasteiger partial charge in [-0.15, -0.1) is 19.8 Å². The number of aliphatic hydroxyl groups is 1. The number of aromatic hydroxyl groups is 2. The van der Waals surface area contributed by atoms with Gasteiger partial charge in [-0.25, -0.2) is 0 Å². The number of rotatable bonds is 14. The molecule has 238 valence electrons. The average Bonchev–Trinajstić information content (AvgIpc) is 3.67. The van der Waals surface area contributed by atoms with Crippen molar-refractivity contribution in [3.8, 4) is 11.5 Å². The zero-order valence-electron chi connectivity index (χ0n) is 25.9. The molecule has 0 saturated heterocycles. The van der Waals surface area contributed by atoms with Crippen LogP contribution in [0.15, 0.2) is 70.9 Å². The Bertz CT molecular complexity index is 1710. The Hall–Kier alpha value is -5.50. The molecule has 0 saturated carbocycles. The molecular weight excluding hydrogens is 586 g/mol. The summed E-state index contributed by atoms with van der Waals surface area (Å²) < 4.78 is 0. The number of benzene rings is 3. The van der Waals surface area contributed by atoms with Crippen LogP contribution in [0.3, 0.4) is 0 Å². The number of nitrogens with zero attached hydrogens (tertiary/aromatic N) is 10. The predicted octanol–water partition coefficient (Wildman–Crippen LogP) is 3.99. The molecule has 1 atom stereocenters. The lowest BCUT2D eigenvalue weighted by atomic mass is 9.82. The summed E-state index contributed by atoms with van der Waals surface area (Å²) in [6.45, 7) is 5.80. The molecule has 2 aromatic heterocycles. The average molecular weight is 624 g/mol. The van der Waals surface area contributed by atoms with Gasteiger partial charge in [0.15, 0.2) is 11.6 Å². The maximum absolute atomic E-state index is 11.3. The van der Waals surface area contributed by atoms with Gasteiger partial charge in [-0.3, -0.25) is 0 Å². The zero-order valence-corrected chi connectivity index (χ0v) is 25.9. The third-order valence-corrected chi connectivity index (χ3v) is 7.61. The van der Waals surface area contributed by atoms with E-state index in [1.165, 1.54) is 9.58 Å². The summed E-state index contributed by atoms with van der Waals surface area (Å²) in [6.07, 6.45) is 6.75. The molecular formula is C32H37N11O3. The van der Waals surface area contributed by atoms with Crippen LogP contribution in [0.5, 0.6) is 11.5 Å². The molecule has 5 aromatic rings. The van der Waals surface area contributed by atoms with E-state index in [9.17, 15) is 15.3 Å². The van der Waals surface area contributed by atoms with Crippen LogP contribution in [0.25, 0.3) is 0 Å². The summed E-state index contributed by atoms with van der Waals surface area (Å²) in [4.78, 5) is 2.62. The van der Waals surface area contributed by atoms with E-state index in [2.05, 4.69) is 53.5 Å². The van der Waals surface area contributed by atoms with Crippen molar-refractivity contribution in [2.75, 3.05) is 11.9 Å². The van der Waals surface area contributed by atoms with Crippen molar-refractivity contribution in [2.24, 2.45) is 10.2 Å². The van der Waals surface area contributed by atoms with Crippen molar-refractivity contribution >= 4 is 18.1 Å².